The van der Waals surface area contributed by atoms with E-state index in [1.165, 1.54) is 5.20 Å². The number of anilines is 1. The summed E-state index contributed by atoms with van der Waals surface area (Å²) in [7, 11) is -1.64. The van der Waals surface area contributed by atoms with Crippen LogP contribution in [0.2, 0.25) is 19.6 Å². The van der Waals surface area contributed by atoms with Crippen LogP contribution in [0.1, 0.15) is 12.0 Å². The van der Waals surface area contributed by atoms with Crippen LogP contribution < -0.4 is 10.1 Å². The van der Waals surface area contributed by atoms with E-state index in [1.807, 2.05) is 48.5 Å². The van der Waals surface area contributed by atoms with Gasteiger partial charge in [0.2, 0.25) is 0 Å². The number of fused-ring (bicyclic) bond motifs is 2. The second kappa shape index (κ2) is 7.17. The lowest BCUT2D eigenvalue weighted by Crippen LogP contribution is -2.47. The molecule has 2 heterocycles. The molecule has 2 aromatic carbocycles. The Labute approximate surface area is 175 Å². The van der Waals surface area contributed by atoms with E-state index < -0.39 is 13.7 Å². The Balaban J connectivity index is 1.71. The molecule has 28 heavy (non-hydrogen) atoms. The molecule has 4 nitrogen and oxygen atoms in total. The Morgan fingerprint density at radius 1 is 1.18 bits per heavy atom. The highest BCUT2D eigenvalue weighted by molar-refractivity contribution is 9.10. The number of ether oxygens (including phenoxy) is 2. The maximum atomic E-state index is 13.1. The summed E-state index contributed by atoms with van der Waals surface area (Å²) in [6, 6.07) is 15.5. The number of benzene rings is 2. The van der Waals surface area contributed by atoms with Gasteiger partial charge in [0.25, 0.3) is 5.91 Å². The van der Waals surface area contributed by atoms with E-state index >= 15 is 0 Å². The van der Waals surface area contributed by atoms with Crippen molar-refractivity contribution in [2.45, 2.75) is 37.8 Å². The van der Waals surface area contributed by atoms with Crippen molar-refractivity contribution in [2.24, 2.45) is 0 Å². The zero-order valence-electron chi connectivity index (χ0n) is 16.3. The third-order valence-corrected chi connectivity index (χ3v) is 8.26. The van der Waals surface area contributed by atoms with Crippen molar-refractivity contribution in [3.8, 4) is 5.75 Å². The van der Waals surface area contributed by atoms with Gasteiger partial charge in [-0.15, -0.1) is 0 Å². The van der Waals surface area contributed by atoms with Crippen LogP contribution in [0.5, 0.6) is 5.75 Å². The van der Waals surface area contributed by atoms with Crippen LogP contribution in [0.25, 0.3) is 0 Å². The van der Waals surface area contributed by atoms with Crippen LogP contribution in [-0.4, -0.2) is 26.7 Å². The molecule has 0 saturated heterocycles. The lowest BCUT2D eigenvalue weighted by molar-refractivity contribution is -0.150. The smallest absolute Gasteiger partial charge is 0.261 e. The number of carbonyl (C=O) groups excluding carboxylic acids is 1. The Morgan fingerprint density at radius 3 is 2.64 bits per heavy atom. The van der Waals surface area contributed by atoms with Gasteiger partial charge in [-0.3, -0.25) is 4.79 Å². The largest absolute Gasteiger partial charge is 0.491 e. The fraction of sp³-hybridized carbons (Fsp3) is 0.318. The number of nitrogens with one attached hydrogen (secondary N) is 1. The molecule has 2 aliphatic heterocycles. The molecule has 1 N–H and O–H groups in total. The number of amides is 1. The first-order valence-corrected chi connectivity index (χ1v) is 13.8. The lowest BCUT2D eigenvalue weighted by atomic mass is 9.89. The van der Waals surface area contributed by atoms with Crippen LogP contribution in [0, 0.1) is 0 Å². The number of halogens is 1. The maximum Gasteiger partial charge on any atom is 0.261 e. The van der Waals surface area contributed by atoms with Gasteiger partial charge in [-0.05, 0) is 24.3 Å². The highest BCUT2D eigenvalue weighted by Crippen LogP contribution is 2.50. The van der Waals surface area contributed by atoms with Crippen LogP contribution in [0.4, 0.5) is 5.69 Å². The highest BCUT2D eigenvalue weighted by Gasteiger charge is 2.53. The van der Waals surface area contributed by atoms with E-state index in [2.05, 4.69) is 47.0 Å². The SMILES string of the molecule is C[Si](C)(C)C1=C[C@@H](COc2ccccc2)O[C@@]2(C1)C(=O)Nc1cccc(Br)c12. The van der Waals surface area contributed by atoms with Crippen molar-refractivity contribution in [1.82, 2.24) is 0 Å². The van der Waals surface area contributed by atoms with Crippen LogP contribution in [-0.2, 0) is 15.1 Å². The molecule has 0 aromatic heterocycles. The van der Waals surface area contributed by atoms with Crippen LogP contribution in [0.3, 0.4) is 0 Å². The molecule has 1 amide bonds. The van der Waals surface area contributed by atoms with Crippen LogP contribution in [0.15, 0.2) is 64.3 Å². The van der Waals surface area contributed by atoms with Crippen molar-refractivity contribution in [1.29, 1.82) is 0 Å². The molecule has 6 heteroatoms. The predicted molar refractivity (Wildman–Crippen MR) is 117 cm³/mol. The van der Waals surface area contributed by atoms with E-state index in [1.54, 1.807) is 0 Å². The van der Waals surface area contributed by atoms with Gasteiger partial charge in [0.05, 0.1) is 8.07 Å². The number of para-hydroxylation sites is 1. The standard InChI is InChI=1S/C22H24BrNO3Si/c1-28(2,3)17-12-16(14-26-15-8-5-4-6-9-15)27-22(13-17)20-18(23)10-7-11-19(20)24-21(22)25/h4-12,16H,13-14H2,1-3H3,(H,24,25)/t16-,22+/m0/s1. The molecule has 0 radical (unpaired) electrons. The molecule has 2 aromatic rings. The molecule has 0 saturated carbocycles. The van der Waals surface area contributed by atoms with E-state index in [9.17, 15) is 4.79 Å². The molecule has 0 unspecified atom stereocenters. The summed E-state index contributed by atoms with van der Waals surface area (Å²) in [5, 5.41) is 4.35. The summed E-state index contributed by atoms with van der Waals surface area (Å²) in [5.41, 5.74) is 0.706. The van der Waals surface area contributed by atoms with Crippen molar-refractivity contribution in [3.63, 3.8) is 0 Å². The molecular formula is C22H24BrNO3Si. The average Bonchev–Trinajstić information content (AvgIpc) is 2.92. The summed E-state index contributed by atoms with van der Waals surface area (Å²) in [5.74, 6) is 0.703. The summed E-state index contributed by atoms with van der Waals surface area (Å²) >= 11 is 3.64. The van der Waals surface area contributed by atoms with E-state index in [0.717, 1.165) is 21.5 Å². The molecule has 4 rings (SSSR count). The zero-order valence-corrected chi connectivity index (χ0v) is 18.9. The Bertz CT molecular complexity index is 939. The van der Waals surface area contributed by atoms with E-state index in [-0.39, 0.29) is 12.0 Å². The Morgan fingerprint density at radius 2 is 1.93 bits per heavy atom. The number of rotatable bonds is 4. The van der Waals surface area contributed by atoms with Crippen molar-refractivity contribution in [3.05, 3.63) is 69.8 Å². The van der Waals surface area contributed by atoms with Gasteiger partial charge in [-0.1, -0.05) is 71.1 Å². The average molecular weight is 458 g/mol. The van der Waals surface area contributed by atoms with Crippen molar-refractivity contribution < 1.29 is 14.3 Å². The summed E-state index contributed by atoms with van der Waals surface area (Å²) < 4.78 is 13.3. The van der Waals surface area contributed by atoms with Gasteiger partial charge in [-0.2, -0.15) is 0 Å². The van der Waals surface area contributed by atoms with Gasteiger partial charge in [0.15, 0.2) is 5.60 Å². The Hall–Kier alpha value is -1.89. The van der Waals surface area contributed by atoms with Crippen LogP contribution >= 0.6 is 15.9 Å². The minimum atomic E-state index is -1.64. The quantitative estimate of drug-likeness (QED) is 0.636. The fourth-order valence-electron chi connectivity index (χ4n) is 3.83. The van der Waals surface area contributed by atoms with Gasteiger partial charge < -0.3 is 14.8 Å². The monoisotopic (exact) mass is 457 g/mol. The first kappa shape index (κ1) is 19.4. The van der Waals surface area contributed by atoms with E-state index in [0.29, 0.717) is 13.0 Å². The molecule has 0 fully saturated rings. The molecule has 0 bridgehead atoms. The lowest BCUT2D eigenvalue weighted by Gasteiger charge is -2.40. The molecule has 146 valence electrons. The summed E-state index contributed by atoms with van der Waals surface area (Å²) in [6.45, 7) is 7.29. The second-order valence-corrected chi connectivity index (χ2v) is 14.3. The normalized spacial score (nSPS) is 23.9. The first-order chi connectivity index (χ1) is 13.3. The topological polar surface area (TPSA) is 47.6 Å². The number of hydrogen-bond acceptors (Lipinski definition) is 3. The highest BCUT2D eigenvalue weighted by atomic mass is 79.9. The Kier molecular flexibility index (Phi) is 4.97. The van der Waals surface area contributed by atoms with Gasteiger partial charge in [0.1, 0.15) is 18.5 Å². The van der Waals surface area contributed by atoms with Gasteiger partial charge >= 0.3 is 0 Å². The zero-order chi connectivity index (χ0) is 19.9. The molecule has 1 spiro atoms. The van der Waals surface area contributed by atoms with Gasteiger partial charge in [0, 0.05) is 22.1 Å². The summed E-state index contributed by atoms with van der Waals surface area (Å²) in [6.07, 6.45) is 2.48. The first-order valence-electron chi connectivity index (χ1n) is 9.47. The van der Waals surface area contributed by atoms with Crippen molar-refractivity contribution in [2.75, 3.05) is 11.9 Å². The third-order valence-electron chi connectivity index (χ3n) is 5.33. The van der Waals surface area contributed by atoms with Gasteiger partial charge in [-0.25, -0.2) is 0 Å². The predicted octanol–water partition coefficient (Wildman–Crippen LogP) is 5.27. The third kappa shape index (κ3) is 3.45. The minimum absolute atomic E-state index is 0.0945. The molecule has 2 atom stereocenters. The number of hydrogen-bond donors (Lipinski definition) is 1. The van der Waals surface area contributed by atoms with E-state index in [4.69, 9.17) is 9.47 Å². The van der Waals surface area contributed by atoms with Crippen molar-refractivity contribution >= 4 is 35.6 Å². The summed E-state index contributed by atoms with van der Waals surface area (Å²) in [4.78, 5) is 13.1. The fourth-order valence-corrected chi connectivity index (χ4v) is 5.99. The second-order valence-electron chi connectivity index (χ2n) is 8.34. The minimum Gasteiger partial charge on any atom is -0.491 e. The molecular weight excluding hydrogens is 434 g/mol. The maximum absolute atomic E-state index is 13.1. The molecule has 2 aliphatic rings. The molecule has 0 aliphatic carbocycles. The number of carbonyl (C=O) groups is 1.